The van der Waals surface area contributed by atoms with Crippen LogP contribution in [0.3, 0.4) is 0 Å². The first-order valence-corrected chi connectivity index (χ1v) is 5.00. The van der Waals surface area contributed by atoms with Crippen molar-refractivity contribution < 1.29 is 0 Å². The predicted molar refractivity (Wildman–Crippen MR) is 59.8 cm³/mol. The number of halogens is 1. The third-order valence-corrected chi connectivity index (χ3v) is 2.39. The molecule has 0 bridgehead atoms. The summed E-state index contributed by atoms with van der Waals surface area (Å²) in [6.45, 7) is 6.39. The Labute approximate surface area is 88.3 Å². The number of nitrogens with one attached hydrogen (secondary N) is 1. The molecular weight excluding hydrogens is 196 g/mol. The zero-order chi connectivity index (χ0) is 10.3. The van der Waals surface area contributed by atoms with Crippen LogP contribution in [-0.4, -0.2) is 9.97 Å². The second-order valence-corrected chi connectivity index (χ2v) is 4.93. The maximum Gasteiger partial charge on any atom is 0.112 e. The fourth-order valence-corrected chi connectivity index (χ4v) is 1.50. The minimum Gasteiger partial charge on any atom is -0.342 e. The summed E-state index contributed by atoms with van der Waals surface area (Å²) in [5.74, 6) is 0.995. The minimum absolute atomic E-state index is 0.0471. The van der Waals surface area contributed by atoms with Crippen molar-refractivity contribution in [2.75, 3.05) is 0 Å². The van der Waals surface area contributed by atoms with Gasteiger partial charge in [0, 0.05) is 10.4 Å². The Morgan fingerprint density at radius 3 is 2.64 bits per heavy atom. The van der Waals surface area contributed by atoms with E-state index in [1.54, 1.807) is 0 Å². The third-order valence-electron chi connectivity index (χ3n) is 2.16. The Hall–Kier alpha value is -1.02. The first-order valence-electron chi connectivity index (χ1n) is 4.62. The second kappa shape index (κ2) is 2.99. The van der Waals surface area contributed by atoms with E-state index in [1.165, 1.54) is 0 Å². The van der Waals surface area contributed by atoms with Gasteiger partial charge in [0.05, 0.1) is 11.0 Å². The maximum atomic E-state index is 5.89. The number of aromatic amines is 1. The molecule has 3 heteroatoms. The molecule has 0 amide bonds. The minimum atomic E-state index is 0.0471. The van der Waals surface area contributed by atoms with Gasteiger partial charge in [0.25, 0.3) is 0 Å². The van der Waals surface area contributed by atoms with Crippen LogP contribution in [0, 0.1) is 0 Å². The predicted octanol–water partition coefficient (Wildman–Crippen LogP) is 3.51. The Balaban J connectivity index is 2.63. The average Bonchev–Trinajstić information content (AvgIpc) is 2.45. The van der Waals surface area contributed by atoms with Crippen molar-refractivity contribution in [2.24, 2.45) is 0 Å². The Morgan fingerprint density at radius 1 is 1.29 bits per heavy atom. The summed E-state index contributed by atoms with van der Waals surface area (Å²) in [7, 11) is 0. The van der Waals surface area contributed by atoms with Gasteiger partial charge in [0.2, 0.25) is 0 Å². The SMILES string of the molecule is CC(C)(C)c1nc2cc(Cl)ccc2[nH]1. The van der Waals surface area contributed by atoms with Crippen molar-refractivity contribution in [3.63, 3.8) is 0 Å². The molecule has 0 aliphatic rings. The summed E-state index contributed by atoms with van der Waals surface area (Å²) >= 11 is 5.89. The average molecular weight is 209 g/mol. The van der Waals surface area contributed by atoms with E-state index >= 15 is 0 Å². The highest BCUT2D eigenvalue weighted by Crippen LogP contribution is 2.23. The van der Waals surface area contributed by atoms with Crippen molar-refractivity contribution >= 4 is 22.6 Å². The van der Waals surface area contributed by atoms with Gasteiger partial charge in [-0.25, -0.2) is 4.98 Å². The molecule has 1 N–H and O–H groups in total. The van der Waals surface area contributed by atoms with E-state index in [1.807, 2.05) is 18.2 Å². The first-order chi connectivity index (χ1) is 6.47. The van der Waals surface area contributed by atoms with Crippen molar-refractivity contribution in [3.05, 3.63) is 29.0 Å². The fraction of sp³-hybridized carbons (Fsp3) is 0.364. The van der Waals surface area contributed by atoms with E-state index in [9.17, 15) is 0 Å². The van der Waals surface area contributed by atoms with Crippen LogP contribution in [0.2, 0.25) is 5.02 Å². The summed E-state index contributed by atoms with van der Waals surface area (Å²) in [5.41, 5.74) is 2.02. The van der Waals surface area contributed by atoms with E-state index in [0.29, 0.717) is 0 Å². The van der Waals surface area contributed by atoms with E-state index in [2.05, 4.69) is 30.7 Å². The lowest BCUT2D eigenvalue weighted by atomic mass is 9.96. The highest BCUT2D eigenvalue weighted by Gasteiger charge is 2.17. The zero-order valence-corrected chi connectivity index (χ0v) is 9.31. The monoisotopic (exact) mass is 208 g/mol. The Morgan fingerprint density at radius 2 is 2.00 bits per heavy atom. The van der Waals surface area contributed by atoms with E-state index in [4.69, 9.17) is 11.6 Å². The molecule has 1 aromatic heterocycles. The highest BCUT2D eigenvalue weighted by molar-refractivity contribution is 6.31. The highest BCUT2D eigenvalue weighted by atomic mass is 35.5. The van der Waals surface area contributed by atoms with Gasteiger partial charge < -0.3 is 4.98 Å². The van der Waals surface area contributed by atoms with Gasteiger partial charge in [-0.15, -0.1) is 0 Å². The number of nitrogens with zero attached hydrogens (tertiary/aromatic N) is 1. The lowest BCUT2D eigenvalue weighted by Crippen LogP contribution is -2.12. The molecule has 2 nitrogen and oxygen atoms in total. The molecule has 14 heavy (non-hydrogen) atoms. The molecule has 1 heterocycles. The summed E-state index contributed by atoms with van der Waals surface area (Å²) in [6.07, 6.45) is 0. The quantitative estimate of drug-likeness (QED) is 0.705. The van der Waals surface area contributed by atoms with Crippen LogP contribution in [0.4, 0.5) is 0 Å². The van der Waals surface area contributed by atoms with Gasteiger partial charge in [-0.3, -0.25) is 0 Å². The van der Waals surface area contributed by atoms with E-state index in [0.717, 1.165) is 21.9 Å². The molecule has 74 valence electrons. The number of rotatable bonds is 0. The van der Waals surface area contributed by atoms with Crippen LogP contribution >= 0.6 is 11.6 Å². The number of imidazole rings is 1. The first kappa shape index (κ1) is 9.53. The molecule has 1 aromatic carbocycles. The number of hydrogen-bond acceptors (Lipinski definition) is 1. The number of aromatic nitrogens is 2. The summed E-state index contributed by atoms with van der Waals surface area (Å²) in [4.78, 5) is 7.80. The molecule has 0 aliphatic carbocycles. The molecule has 0 aliphatic heterocycles. The number of fused-ring (bicyclic) bond motifs is 1. The van der Waals surface area contributed by atoms with Crippen molar-refractivity contribution in [3.8, 4) is 0 Å². The molecular formula is C11H13ClN2. The van der Waals surface area contributed by atoms with Gasteiger partial charge >= 0.3 is 0 Å². The Kier molecular flexibility index (Phi) is 2.04. The molecule has 0 saturated carbocycles. The standard InChI is InChI=1S/C11H13ClN2/c1-11(2,3)10-13-8-5-4-7(12)6-9(8)14-10/h4-6H,1-3H3,(H,13,14). The smallest absolute Gasteiger partial charge is 0.112 e. The van der Waals surface area contributed by atoms with Crippen molar-refractivity contribution in [1.82, 2.24) is 9.97 Å². The van der Waals surface area contributed by atoms with Crippen LogP contribution in [0.15, 0.2) is 18.2 Å². The summed E-state index contributed by atoms with van der Waals surface area (Å²) in [5, 5.41) is 0.726. The summed E-state index contributed by atoms with van der Waals surface area (Å²) in [6, 6.07) is 5.71. The molecule has 0 atom stereocenters. The fourth-order valence-electron chi connectivity index (χ4n) is 1.33. The molecule has 0 spiro atoms. The van der Waals surface area contributed by atoms with Crippen molar-refractivity contribution in [1.29, 1.82) is 0 Å². The molecule has 0 fully saturated rings. The number of H-pyrrole nitrogens is 1. The van der Waals surface area contributed by atoms with E-state index < -0.39 is 0 Å². The van der Waals surface area contributed by atoms with E-state index in [-0.39, 0.29) is 5.41 Å². The zero-order valence-electron chi connectivity index (χ0n) is 8.56. The van der Waals surface area contributed by atoms with Gasteiger partial charge in [-0.05, 0) is 18.2 Å². The molecule has 2 rings (SSSR count). The molecule has 0 saturated heterocycles. The van der Waals surface area contributed by atoms with Crippen LogP contribution in [0.5, 0.6) is 0 Å². The van der Waals surface area contributed by atoms with Gasteiger partial charge in [0.15, 0.2) is 0 Å². The number of benzene rings is 1. The molecule has 0 radical (unpaired) electrons. The normalized spacial score (nSPS) is 12.3. The molecule has 0 unspecified atom stereocenters. The van der Waals surface area contributed by atoms with Gasteiger partial charge in [-0.2, -0.15) is 0 Å². The van der Waals surface area contributed by atoms with Crippen LogP contribution in [0.25, 0.3) is 11.0 Å². The maximum absolute atomic E-state index is 5.89. The number of hydrogen-bond donors (Lipinski definition) is 1. The summed E-state index contributed by atoms with van der Waals surface area (Å²) < 4.78 is 0. The van der Waals surface area contributed by atoms with Crippen LogP contribution in [0.1, 0.15) is 26.6 Å². The lowest BCUT2D eigenvalue weighted by molar-refractivity contribution is 0.554. The third kappa shape index (κ3) is 1.62. The Bertz CT molecular complexity index is 466. The van der Waals surface area contributed by atoms with Gasteiger partial charge in [0.1, 0.15) is 5.82 Å². The second-order valence-electron chi connectivity index (χ2n) is 4.50. The topological polar surface area (TPSA) is 28.7 Å². The van der Waals surface area contributed by atoms with Crippen LogP contribution in [-0.2, 0) is 5.41 Å². The van der Waals surface area contributed by atoms with Gasteiger partial charge in [-0.1, -0.05) is 32.4 Å². The molecule has 2 aromatic rings. The lowest BCUT2D eigenvalue weighted by Gasteiger charge is -2.13. The van der Waals surface area contributed by atoms with Crippen molar-refractivity contribution in [2.45, 2.75) is 26.2 Å². The van der Waals surface area contributed by atoms with Crippen LogP contribution < -0.4 is 0 Å². The largest absolute Gasteiger partial charge is 0.342 e.